The Labute approximate surface area is 133 Å². The zero-order valence-corrected chi connectivity index (χ0v) is 13.8. The standard InChI is InChI=1S/C11H8BrFN2O2S3/c12-9-3-4-10(19-9)20(16,17)15-8-2-1-6(11(14)18)5-7(8)13/h1-5,15H,(H2,14,18). The third kappa shape index (κ3) is 3.35. The molecule has 0 atom stereocenters. The molecule has 0 amide bonds. The minimum absolute atomic E-state index is 0.0421. The Morgan fingerprint density at radius 2 is 2.05 bits per heavy atom. The van der Waals surface area contributed by atoms with Crippen molar-refractivity contribution < 1.29 is 12.8 Å². The molecule has 9 heteroatoms. The number of anilines is 1. The van der Waals surface area contributed by atoms with Crippen LogP contribution in [0, 0.1) is 5.82 Å². The van der Waals surface area contributed by atoms with Crippen molar-refractivity contribution in [1.82, 2.24) is 0 Å². The smallest absolute Gasteiger partial charge is 0.271 e. The third-order valence-electron chi connectivity index (χ3n) is 2.31. The summed E-state index contributed by atoms with van der Waals surface area (Å²) in [6, 6.07) is 6.85. The van der Waals surface area contributed by atoms with Gasteiger partial charge in [-0.15, -0.1) is 11.3 Å². The lowest BCUT2D eigenvalue weighted by molar-refractivity contribution is 0.600. The quantitative estimate of drug-likeness (QED) is 0.781. The fraction of sp³-hybridized carbons (Fsp3) is 0. The monoisotopic (exact) mass is 394 g/mol. The van der Waals surface area contributed by atoms with Crippen molar-refractivity contribution in [2.75, 3.05) is 4.72 Å². The number of nitrogens with two attached hydrogens (primary N) is 1. The van der Waals surface area contributed by atoms with E-state index in [2.05, 4.69) is 20.7 Å². The number of halogens is 2. The minimum Gasteiger partial charge on any atom is -0.389 e. The summed E-state index contributed by atoms with van der Waals surface area (Å²) in [5.41, 5.74) is 5.55. The molecule has 1 heterocycles. The molecule has 0 aliphatic heterocycles. The van der Waals surface area contributed by atoms with Gasteiger partial charge < -0.3 is 5.73 Å². The number of thiocarbonyl (C=S) groups is 1. The summed E-state index contributed by atoms with van der Waals surface area (Å²) in [7, 11) is -3.81. The average molecular weight is 395 g/mol. The van der Waals surface area contributed by atoms with Crippen LogP contribution in [0.5, 0.6) is 0 Å². The van der Waals surface area contributed by atoms with Gasteiger partial charge in [0.05, 0.1) is 9.47 Å². The number of nitrogens with one attached hydrogen (secondary N) is 1. The van der Waals surface area contributed by atoms with Gasteiger partial charge in [-0.3, -0.25) is 4.72 Å². The largest absolute Gasteiger partial charge is 0.389 e. The number of sulfonamides is 1. The SMILES string of the molecule is NC(=S)c1ccc(NS(=O)(=O)c2ccc(Br)s2)c(F)c1. The zero-order chi connectivity index (χ0) is 14.9. The average Bonchev–Trinajstić information content (AvgIpc) is 2.79. The van der Waals surface area contributed by atoms with Gasteiger partial charge in [-0.2, -0.15) is 0 Å². The van der Waals surface area contributed by atoms with E-state index >= 15 is 0 Å². The lowest BCUT2D eigenvalue weighted by Crippen LogP contribution is -2.14. The lowest BCUT2D eigenvalue weighted by atomic mass is 10.2. The Kier molecular flexibility index (Phi) is 4.43. The number of thiophene rings is 1. The van der Waals surface area contributed by atoms with E-state index < -0.39 is 15.8 Å². The number of hydrogen-bond acceptors (Lipinski definition) is 4. The molecule has 106 valence electrons. The second-order valence-corrected chi connectivity index (χ2v) is 8.54. The Morgan fingerprint density at radius 1 is 1.35 bits per heavy atom. The van der Waals surface area contributed by atoms with Crippen molar-refractivity contribution in [3.05, 3.63) is 45.5 Å². The molecule has 0 radical (unpaired) electrons. The predicted octanol–water partition coefficient (Wildman–Crippen LogP) is 3.08. The fourth-order valence-corrected chi connectivity index (χ4v) is 4.59. The molecule has 4 nitrogen and oxygen atoms in total. The summed E-state index contributed by atoms with van der Waals surface area (Å²) in [6.45, 7) is 0. The van der Waals surface area contributed by atoms with Gasteiger partial charge in [0.1, 0.15) is 15.0 Å². The second kappa shape index (κ2) is 5.76. The van der Waals surface area contributed by atoms with Gasteiger partial charge in [0.15, 0.2) is 0 Å². The molecule has 0 bridgehead atoms. The van der Waals surface area contributed by atoms with E-state index in [1.807, 2.05) is 0 Å². The molecule has 0 saturated heterocycles. The van der Waals surface area contributed by atoms with Crippen LogP contribution in [0.2, 0.25) is 0 Å². The molecule has 0 saturated carbocycles. The van der Waals surface area contributed by atoms with Crippen LogP contribution in [0.3, 0.4) is 0 Å². The van der Waals surface area contributed by atoms with Crippen molar-refractivity contribution in [2.45, 2.75) is 4.21 Å². The van der Waals surface area contributed by atoms with Gasteiger partial charge in [0, 0.05) is 5.56 Å². The normalized spacial score (nSPS) is 11.3. The van der Waals surface area contributed by atoms with E-state index in [9.17, 15) is 12.8 Å². The summed E-state index contributed by atoms with van der Waals surface area (Å²) in [5, 5.41) is 0. The van der Waals surface area contributed by atoms with Crippen LogP contribution in [-0.4, -0.2) is 13.4 Å². The molecule has 0 spiro atoms. The van der Waals surface area contributed by atoms with Crippen molar-refractivity contribution in [2.24, 2.45) is 5.73 Å². The van der Waals surface area contributed by atoms with E-state index in [4.69, 9.17) is 18.0 Å². The maximum atomic E-state index is 13.8. The van der Waals surface area contributed by atoms with E-state index in [0.717, 1.165) is 17.4 Å². The molecular formula is C11H8BrFN2O2S3. The minimum atomic E-state index is -3.81. The second-order valence-electron chi connectivity index (χ2n) is 3.72. The fourth-order valence-electron chi connectivity index (χ4n) is 1.39. The Hall–Kier alpha value is -1.03. The Balaban J connectivity index is 2.32. The van der Waals surface area contributed by atoms with Crippen LogP contribution in [0.4, 0.5) is 10.1 Å². The molecule has 20 heavy (non-hydrogen) atoms. The summed E-state index contributed by atoms with van der Waals surface area (Å²) in [5.74, 6) is -0.741. The maximum absolute atomic E-state index is 13.8. The van der Waals surface area contributed by atoms with Crippen molar-refractivity contribution in [3.8, 4) is 0 Å². The van der Waals surface area contributed by atoms with Crippen molar-refractivity contribution in [3.63, 3.8) is 0 Å². The van der Waals surface area contributed by atoms with Crippen molar-refractivity contribution >= 4 is 60.2 Å². The third-order valence-corrected chi connectivity index (χ3v) is 6.03. The summed E-state index contributed by atoms with van der Waals surface area (Å²) in [6.07, 6.45) is 0. The first-order valence-electron chi connectivity index (χ1n) is 5.17. The molecule has 0 aliphatic rings. The summed E-state index contributed by atoms with van der Waals surface area (Å²) in [4.78, 5) is 0.0421. The van der Waals surface area contributed by atoms with E-state index in [1.54, 1.807) is 6.07 Å². The summed E-state index contributed by atoms with van der Waals surface area (Å²) < 4.78 is 40.8. The van der Waals surface area contributed by atoms with Crippen LogP contribution < -0.4 is 10.5 Å². The van der Waals surface area contributed by atoms with Crippen LogP contribution in [0.15, 0.2) is 38.3 Å². The molecular weight excluding hydrogens is 387 g/mol. The molecule has 0 fully saturated rings. The van der Waals surface area contributed by atoms with Gasteiger partial charge in [0.25, 0.3) is 10.0 Å². The molecule has 1 aromatic carbocycles. The van der Waals surface area contributed by atoms with Gasteiger partial charge in [-0.05, 0) is 46.3 Å². The maximum Gasteiger partial charge on any atom is 0.271 e. The van der Waals surface area contributed by atoms with Crippen LogP contribution in [0.25, 0.3) is 0 Å². The predicted molar refractivity (Wildman–Crippen MR) is 85.1 cm³/mol. The highest BCUT2D eigenvalue weighted by Crippen LogP contribution is 2.28. The van der Waals surface area contributed by atoms with Crippen LogP contribution >= 0.6 is 39.5 Å². The number of benzene rings is 1. The van der Waals surface area contributed by atoms with Gasteiger partial charge >= 0.3 is 0 Å². The number of hydrogen-bond donors (Lipinski definition) is 2. The van der Waals surface area contributed by atoms with Gasteiger partial charge in [-0.1, -0.05) is 12.2 Å². The van der Waals surface area contributed by atoms with Crippen LogP contribution in [-0.2, 0) is 10.0 Å². The van der Waals surface area contributed by atoms with Crippen LogP contribution in [0.1, 0.15) is 5.56 Å². The highest BCUT2D eigenvalue weighted by atomic mass is 79.9. The molecule has 1 aromatic heterocycles. The molecule has 2 rings (SSSR count). The first-order chi connectivity index (χ1) is 9.29. The van der Waals surface area contributed by atoms with Gasteiger partial charge in [-0.25, -0.2) is 12.8 Å². The van der Waals surface area contributed by atoms with E-state index in [0.29, 0.717) is 9.35 Å². The molecule has 3 N–H and O–H groups in total. The van der Waals surface area contributed by atoms with E-state index in [1.165, 1.54) is 18.2 Å². The zero-order valence-electron chi connectivity index (χ0n) is 9.76. The topological polar surface area (TPSA) is 72.2 Å². The van der Waals surface area contributed by atoms with E-state index in [-0.39, 0.29) is 14.9 Å². The van der Waals surface area contributed by atoms with Gasteiger partial charge in [0.2, 0.25) is 0 Å². The highest BCUT2D eigenvalue weighted by Gasteiger charge is 2.18. The highest BCUT2D eigenvalue weighted by molar-refractivity contribution is 9.11. The Morgan fingerprint density at radius 3 is 2.55 bits per heavy atom. The molecule has 0 unspecified atom stereocenters. The number of rotatable bonds is 4. The lowest BCUT2D eigenvalue weighted by Gasteiger charge is -2.08. The van der Waals surface area contributed by atoms with Crippen molar-refractivity contribution in [1.29, 1.82) is 0 Å². The Bertz CT molecular complexity index is 774. The molecule has 2 aromatic rings. The first-order valence-corrected chi connectivity index (χ1v) is 8.67. The molecule has 0 aliphatic carbocycles. The summed E-state index contributed by atoms with van der Waals surface area (Å²) >= 11 is 8.93. The first kappa shape index (κ1) is 15.4.